The van der Waals surface area contributed by atoms with E-state index < -0.39 is 17.9 Å². The van der Waals surface area contributed by atoms with Crippen molar-refractivity contribution in [1.82, 2.24) is 10.7 Å². The van der Waals surface area contributed by atoms with E-state index in [2.05, 4.69) is 17.7 Å². The number of hydrogen-bond donors (Lipinski definition) is 2. The number of anilines is 1. The van der Waals surface area contributed by atoms with Gasteiger partial charge in [-0.15, -0.1) is 0 Å². The molecule has 4 rings (SSSR count). The van der Waals surface area contributed by atoms with Crippen molar-refractivity contribution in [1.29, 1.82) is 0 Å². The Hall–Kier alpha value is -4.13. The predicted molar refractivity (Wildman–Crippen MR) is 144 cm³/mol. The molecule has 3 amide bonds. The van der Waals surface area contributed by atoms with Crippen molar-refractivity contribution in [2.75, 3.05) is 11.6 Å². The summed E-state index contributed by atoms with van der Waals surface area (Å²) >= 11 is 0. The SMILES string of the molecule is CCCCOc1ccc(CC(=O)N[C@@H](C)C(=O)NN2C(=O)C(C)c3ccccc3-c3ccccc32)cc1. The van der Waals surface area contributed by atoms with E-state index in [-0.39, 0.29) is 18.2 Å². The first-order chi connectivity index (χ1) is 17.9. The quantitative estimate of drug-likeness (QED) is 0.416. The maximum absolute atomic E-state index is 13.4. The van der Waals surface area contributed by atoms with Crippen LogP contribution in [0, 0.1) is 0 Å². The van der Waals surface area contributed by atoms with Gasteiger partial charge in [0.15, 0.2) is 0 Å². The van der Waals surface area contributed by atoms with Crippen LogP contribution in [-0.2, 0) is 20.8 Å². The largest absolute Gasteiger partial charge is 0.494 e. The molecule has 7 nitrogen and oxygen atoms in total. The van der Waals surface area contributed by atoms with E-state index >= 15 is 0 Å². The molecule has 0 aliphatic carbocycles. The fourth-order valence-electron chi connectivity index (χ4n) is 4.37. The molecule has 0 saturated carbocycles. The standard InChI is InChI=1S/C30H33N3O4/c1-4-5-18-37-23-16-14-22(15-17-23)19-28(34)31-21(3)29(35)32-33-27-13-9-8-12-26(27)25-11-7-6-10-24(25)20(2)30(33)36/h6-17,20-21H,4-5,18-19H2,1-3H3,(H,31,34)(H,32,35)/t20?,21-/m0/s1. The summed E-state index contributed by atoms with van der Waals surface area (Å²) in [5, 5.41) is 4.04. The number of hydrazine groups is 1. The molecule has 0 saturated heterocycles. The minimum absolute atomic E-state index is 0.130. The number of nitrogens with one attached hydrogen (secondary N) is 2. The fraction of sp³-hybridized carbons (Fsp3) is 0.300. The fourth-order valence-corrected chi connectivity index (χ4v) is 4.37. The lowest BCUT2D eigenvalue weighted by Gasteiger charge is -2.27. The molecule has 1 aliphatic heterocycles. The molecule has 0 spiro atoms. The molecule has 192 valence electrons. The summed E-state index contributed by atoms with van der Waals surface area (Å²) in [5.41, 5.74) is 6.87. The number of carbonyl (C=O) groups is 3. The number of nitrogens with zero attached hydrogens (tertiary/aromatic N) is 1. The zero-order valence-electron chi connectivity index (χ0n) is 21.5. The van der Waals surface area contributed by atoms with Gasteiger partial charge in [0, 0.05) is 5.56 Å². The molecule has 0 fully saturated rings. The number of ether oxygens (including phenoxy) is 1. The van der Waals surface area contributed by atoms with Gasteiger partial charge in [-0.2, -0.15) is 0 Å². The van der Waals surface area contributed by atoms with Gasteiger partial charge in [0.1, 0.15) is 11.8 Å². The van der Waals surface area contributed by atoms with Crippen LogP contribution >= 0.6 is 0 Å². The molecule has 3 aromatic carbocycles. The van der Waals surface area contributed by atoms with Crippen molar-refractivity contribution >= 4 is 23.4 Å². The highest BCUT2D eigenvalue weighted by atomic mass is 16.5. The van der Waals surface area contributed by atoms with Crippen LogP contribution in [0.4, 0.5) is 5.69 Å². The van der Waals surface area contributed by atoms with Gasteiger partial charge in [-0.25, -0.2) is 5.01 Å². The normalized spacial score (nSPS) is 15.2. The first-order valence-electron chi connectivity index (χ1n) is 12.7. The summed E-state index contributed by atoms with van der Waals surface area (Å²) in [6.45, 7) is 6.20. The van der Waals surface area contributed by atoms with Gasteiger partial charge in [0.25, 0.3) is 11.8 Å². The first-order valence-corrected chi connectivity index (χ1v) is 12.7. The van der Waals surface area contributed by atoms with Crippen molar-refractivity contribution in [3.8, 4) is 16.9 Å². The second kappa shape index (κ2) is 11.7. The number of hydrogen-bond acceptors (Lipinski definition) is 4. The second-order valence-corrected chi connectivity index (χ2v) is 9.29. The van der Waals surface area contributed by atoms with Crippen molar-refractivity contribution in [3.05, 3.63) is 83.9 Å². The lowest BCUT2D eigenvalue weighted by molar-refractivity contribution is -0.130. The molecule has 7 heteroatoms. The molecule has 1 heterocycles. The zero-order valence-corrected chi connectivity index (χ0v) is 21.5. The molecule has 1 unspecified atom stereocenters. The first kappa shape index (κ1) is 25.9. The van der Waals surface area contributed by atoms with E-state index in [0.29, 0.717) is 12.3 Å². The van der Waals surface area contributed by atoms with Crippen molar-refractivity contribution < 1.29 is 19.1 Å². The Morgan fingerprint density at radius 3 is 2.38 bits per heavy atom. The maximum Gasteiger partial charge on any atom is 0.261 e. The minimum Gasteiger partial charge on any atom is -0.494 e. The average molecular weight is 500 g/mol. The van der Waals surface area contributed by atoms with Gasteiger partial charge >= 0.3 is 0 Å². The Bertz CT molecular complexity index is 1270. The van der Waals surface area contributed by atoms with Crippen molar-refractivity contribution in [3.63, 3.8) is 0 Å². The Labute approximate surface area is 217 Å². The lowest BCUT2D eigenvalue weighted by atomic mass is 9.92. The maximum atomic E-state index is 13.4. The molecule has 0 radical (unpaired) electrons. The van der Waals surface area contributed by atoms with Crippen LogP contribution in [0.15, 0.2) is 72.8 Å². The van der Waals surface area contributed by atoms with E-state index in [9.17, 15) is 14.4 Å². The van der Waals surface area contributed by atoms with E-state index in [1.807, 2.05) is 73.7 Å². The summed E-state index contributed by atoms with van der Waals surface area (Å²) in [5.74, 6) is -0.697. The van der Waals surface area contributed by atoms with E-state index in [4.69, 9.17) is 4.74 Å². The molecule has 2 atom stereocenters. The second-order valence-electron chi connectivity index (χ2n) is 9.29. The summed E-state index contributed by atoms with van der Waals surface area (Å²) in [7, 11) is 0. The zero-order chi connectivity index (χ0) is 26.4. The monoisotopic (exact) mass is 499 g/mol. The van der Waals surface area contributed by atoms with E-state index in [1.54, 1.807) is 13.0 Å². The van der Waals surface area contributed by atoms with Gasteiger partial charge in [-0.1, -0.05) is 67.9 Å². The molecule has 1 aliphatic rings. The van der Waals surface area contributed by atoms with Crippen LogP contribution in [0.1, 0.15) is 50.7 Å². The van der Waals surface area contributed by atoms with Crippen LogP contribution in [0.25, 0.3) is 11.1 Å². The Kier molecular flexibility index (Phi) is 8.23. The summed E-state index contributed by atoms with van der Waals surface area (Å²) < 4.78 is 5.66. The minimum atomic E-state index is -0.843. The molecule has 37 heavy (non-hydrogen) atoms. The van der Waals surface area contributed by atoms with Gasteiger partial charge < -0.3 is 10.1 Å². The Balaban J connectivity index is 1.41. The topological polar surface area (TPSA) is 87.7 Å². The Morgan fingerprint density at radius 1 is 0.973 bits per heavy atom. The number of para-hydroxylation sites is 1. The highest BCUT2D eigenvalue weighted by Crippen LogP contribution is 2.39. The molecular formula is C30H33N3O4. The smallest absolute Gasteiger partial charge is 0.261 e. The van der Waals surface area contributed by atoms with Crippen LogP contribution in [-0.4, -0.2) is 30.4 Å². The van der Waals surface area contributed by atoms with Crippen molar-refractivity contribution in [2.45, 2.75) is 52.0 Å². The number of carbonyl (C=O) groups excluding carboxylic acids is 3. The van der Waals surface area contributed by atoms with Gasteiger partial charge in [-0.3, -0.25) is 19.8 Å². The van der Waals surface area contributed by atoms with Crippen molar-refractivity contribution in [2.24, 2.45) is 0 Å². The van der Waals surface area contributed by atoms with E-state index in [0.717, 1.165) is 40.8 Å². The predicted octanol–water partition coefficient (Wildman–Crippen LogP) is 4.76. The van der Waals surface area contributed by atoms with E-state index in [1.165, 1.54) is 5.01 Å². The molecule has 0 bridgehead atoms. The number of rotatable bonds is 9. The molecule has 0 aromatic heterocycles. The highest BCUT2D eigenvalue weighted by Gasteiger charge is 2.33. The number of amides is 3. The summed E-state index contributed by atoms with van der Waals surface area (Å²) in [6, 6.07) is 21.8. The lowest BCUT2D eigenvalue weighted by Crippen LogP contribution is -2.54. The van der Waals surface area contributed by atoms with Gasteiger partial charge in [0.2, 0.25) is 5.91 Å². The number of unbranched alkanes of at least 4 members (excludes halogenated alkanes) is 1. The van der Waals surface area contributed by atoms with Gasteiger partial charge in [-0.05, 0) is 55.2 Å². The van der Waals surface area contributed by atoms with Crippen LogP contribution in [0.5, 0.6) is 5.75 Å². The molecule has 3 aromatic rings. The number of fused-ring (bicyclic) bond motifs is 3. The summed E-state index contributed by atoms with van der Waals surface area (Å²) in [4.78, 5) is 39.1. The Morgan fingerprint density at radius 2 is 1.65 bits per heavy atom. The molecular weight excluding hydrogens is 466 g/mol. The summed E-state index contributed by atoms with van der Waals surface area (Å²) in [6.07, 6.45) is 2.18. The number of benzene rings is 3. The van der Waals surface area contributed by atoms with Crippen LogP contribution in [0.3, 0.4) is 0 Å². The third-order valence-electron chi connectivity index (χ3n) is 6.50. The molecule has 2 N–H and O–H groups in total. The average Bonchev–Trinajstić information content (AvgIpc) is 2.99. The third-order valence-corrected chi connectivity index (χ3v) is 6.50. The van der Waals surface area contributed by atoms with Crippen LogP contribution in [0.2, 0.25) is 0 Å². The van der Waals surface area contributed by atoms with Crippen LogP contribution < -0.4 is 20.5 Å². The highest BCUT2D eigenvalue weighted by molar-refractivity contribution is 6.06. The third kappa shape index (κ3) is 6.00. The van der Waals surface area contributed by atoms with Gasteiger partial charge in [0.05, 0.1) is 24.6 Å².